The molecule has 0 saturated carbocycles. The molecule has 3 nitrogen and oxygen atoms in total. The Hall–Kier alpha value is -0.840. The Morgan fingerprint density at radius 3 is 2.53 bits per heavy atom. The third kappa shape index (κ3) is 3.59. The molecule has 1 aromatic rings. The zero-order valence-corrected chi connectivity index (χ0v) is 11.9. The van der Waals surface area contributed by atoms with Gasteiger partial charge in [-0.15, -0.1) is 11.6 Å². The van der Waals surface area contributed by atoms with Crippen LogP contribution in [-0.4, -0.2) is 54.3 Å². The lowest BCUT2D eigenvalue weighted by Gasteiger charge is -2.34. The minimum absolute atomic E-state index is 0.0789. The first-order valence-electron chi connectivity index (χ1n) is 6.14. The van der Waals surface area contributed by atoms with E-state index >= 15 is 0 Å². The third-order valence-electron chi connectivity index (χ3n) is 3.22. The first kappa shape index (κ1) is 14.6. The van der Waals surface area contributed by atoms with Crippen molar-refractivity contribution in [3.8, 4) is 0 Å². The van der Waals surface area contributed by atoms with Gasteiger partial charge in [-0.1, -0.05) is 11.6 Å². The molecule has 1 fully saturated rings. The summed E-state index contributed by atoms with van der Waals surface area (Å²) in [5.74, 6) is -0.264. The van der Waals surface area contributed by atoms with Gasteiger partial charge < -0.3 is 4.90 Å². The summed E-state index contributed by atoms with van der Waals surface area (Å²) in [7, 11) is 0. The molecule has 0 bridgehead atoms. The van der Waals surface area contributed by atoms with Gasteiger partial charge in [-0.2, -0.15) is 0 Å². The monoisotopic (exact) mass is 304 g/mol. The van der Waals surface area contributed by atoms with E-state index in [-0.39, 0.29) is 11.5 Å². The average Bonchev–Trinajstić information content (AvgIpc) is 2.39. The number of hydrogen-bond acceptors (Lipinski definition) is 2. The van der Waals surface area contributed by atoms with Crippen LogP contribution in [0.3, 0.4) is 0 Å². The molecule has 1 saturated heterocycles. The summed E-state index contributed by atoms with van der Waals surface area (Å²) >= 11 is 11.4. The lowest BCUT2D eigenvalue weighted by Crippen LogP contribution is -2.49. The first-order chi connectivity index (χ1) is 9.11. The molecular weight excluding hydrogens is 290 g/mol. The minimum atomic E-state index is -0.569. The number of rotatable bonds is 3. The Morgan fingerprint density at radius 2 is 1.95 bits per heavy atom. The van der Waals surface area contributed by atoms with Crippen molar-refractivity contribution < 1.29 is 9.18 Å². The highest BCUT2D eigenvalue weighted by Crippen LogP contribution is 2.17. The maximum atomic E-state index is 13.7. The van der Waals surface area contributed by atoms with Crippen LogP contribution in [0.1, 0.15) is 10.4 Å². The van der Waals surface area contributed by atoms with Crippen molar-refractivity contribution >= 4 is 29.1 Å². The molecule has 2 rings (SSSR count). The SMILES string of the molecule is O=C(c1ccc(Cl)cc1F)N1CCN(CCCl)CC1. The molecule has 0 aromatic heterocycles. The zero-order chi connectivity index (χ0) is 13.8. The van der Waals surface area contributed by atoms with E-state index in [1.54, 1.807) is 4.90 Å². The highest BCUT2D eigenvalue weighted by molar-refractivity contribution is 6.30. The number of piperazine rings is 1. The zero-order valence-electron chi connectivity index (χ0n) is 10.4. The number of benzene rings is 1. The van der Waals surface area contributed by atoms with Crippen LogP contribution in [0.25, 0.3) is 0 Å². The maximum Gasteiger partial charge on any atom is 0.256 e. The molecule has 1 aromatic carbocycles. The quantitative estimate of drug-likeness (QED) is 0.801. The van der Waals surface area contributed by atoms with Gasteiger partial charge in [0.2, 0.25) is 0 Å². The van der Waals surface area contributed by atoms with Crippen LogP contribution in [0, 0.1) is 5.82 Å². The molecule has 0 atom stereocenters. The molecule has 104 valence electrons. The van der Waals surface area contributed by atoms with E-state index in [9.17, 15) is 9.18 Å². The molecule has 6 heteroatoms. The predicted octanol–water partition coefficient (Wildman–Crippen LogP) is 2.48. The van der Waals surface area contributed by atoms with Crippen molar-refractivity contribution in [3.05, 3.63) is 34.6 Å². The van der Waals surface area contributed by atoms with Gasteiger partial charge in [0.05, 0.1) is 5.56 Å². The van der Waals surface area contributed by atoms with Gasteiger partial charge in [-0.3, -0.25) is 9.69 Å². The average molecular weight is 305 g/mol. The molecule has 1 aliphatic heterocycles. The van der Waals surface area contributed by atoms with Crippen LogP contribution >= 0.6 is 23.2 Å². The van der Waals surface area contributed by atoms with E-state index < -0.39 is 5.82 Å². The van der Waals surface area contributed by atoms with E-state index in [0.717, 1.165) is 19.6 Å². The third-order valence-corrected chi connectivity index (χ3v) is 3.63. The van der Waals surface area contributed by atoms with Crippen molar-refractivity contribution in [1.29, 1.82) is 0 Å². The largest absolute Gasteiger partial charge is 0.336 e. The molecule has 1 heterocycles. The van der Waals surface area contributed by atoms with Crippen LogP contribution < -0.4 is 0 Å². The number of amides is 1. The van der Waals surface area contributed by atoms with Gasteiger partial charge in [-0.05, 0) is 18.2 Å². The number of carbonyl (C=O) groups is 1. The lowest BCUT2D eigenvalue weighted by molar-refractivity contribution is 0.0640. The number of alkyl halides is 1. The van der Waals surface area contributed by atoms with Gasteiger partial charge >= 0.3 is 0 Å². The van der Waals surface area contributed by atoms with Gasteiger partial charge in [-0.25, -0.2) is 4.39 Å². The Morgan fingerprint density at radius 1 is 1.26 bits per heavy atom. The molecule has 0 spiro atoms. The molecular formula is C13H15Cl2FN2O. The Kier molecular flexibility index (Phi) is 5.02. The second kappa shape index (κ2) is 6.55. The summed E-state index contributed by atoms with van der Waals surface area (Å²) in [6.07, 6.45) is 0. The molecule has 1 amide bonds. The second-order valence-corrected chi connectivity index (χ2v) is 5.26. The van der Waals surface area contributed by atoms with E-state index in [0.29, 0.717) is 24.0 Å². The lowest BCUT2D eigenvalue weighted by atomic mass is 10.1. The van der Waals surface area contributed by atoms with Crippen LogP contribution in [0.15, 0.2) is 18.2 Å². The topological polar surface area (TPSA) is 23.6 Å². The van der Waals surface area contributed by atoms with Crippen LogP contribution in [0.5, 0.6) is 0 Å². The highest BCUT2D eigenvalue weighted by atomic mass is 35.5. The van der Waals surface area contributed by atoms with Crippen molar-refractivity contribution in [2.75, 3.05) is 38.6 Å². The van der Waals surface area contributed by atoms with Crippen molar-refractivity contribution in [3.63, 3.8) is 0 Å². The second-order valence-electron chi connectivity index (χ2n) is 4.45. The van der Waals surface area contributed by atoms with Crippen molar-refractivity contribution in [1.82, 2.24) is 9.80 Å². The molecule has 0 N–H and O–H groups in total. The van der Waals surface area contributed by atoms with E-state index in [1.807, 2.05) is 0 Å². The summed E-state index contributed by atoms with van der Waals surface area (Å²) < 4.78 is 13.7. The summed E-state index contributed by atoms with van der Waals surface area (Å²) in [5.41, 5.74) is 0.0789. The number of nitrogens with zero attached hydrogens (tertiary/aromatic N) is 2. The smallest absolute Gasteiger partial charge is 0.256 e. The molecule has 19 heavy (non-hydrogen) atoms. The summed E-state index contributed by atoms with van der Waals surface area (Å²) in [6.45, 7) is 3.55. The Balaban J connectivity index is 2.01. The number of hydrogen-bond donors (Lipinski definition) is 0. The molecule has 1 aliphatic rings. The van der Waals surface area contributed by atoms with Crippen molar-refractivity contribution in [2.45, 2.75) is 0 Å². The fourth-order valence-corrected chi connectivity index (χ4v) is 2.53. The standard InChI is InChI=1S/C13H15Cl2FN2O/c14-3-4-17-5-7-18(8-6-17)13(19)11-2-1-10(15)9-12(11)16/h1-2,9H,3-8H2. The minimum Gasteiger partial charge on any atom is -0.336 e. The fraction of sp³-hybridized carbons (Fsp3) is 0.462. The number of carbonyl (C=O) groups excluding carboxylic acids is 1. The fourth-order valence-electron chi connectivity index (χ4n) is 2.13. The molecule has 0 unspecified atom stereocenters. The van der Waals surface area contributed by atoms with Crippen molar-refractivity contribution in [2.24, 2.45) is 0 Å². The van der Waals surface area contributed by atoms with E-state index in [1.165, 1.54) is 18.2 Å². The number of halogens is 3. The van der Waals surface area contributed by atoms with Crippen LogP contribution in [-0.2, 0) is 0 Å². The predicted molar refractivity (Wildman–Crippen MR) is 74.5 cm³/mol. The first-order valence-corrected chi connectivity index (χ1v) is 7.05. The molecule has 0 radical (unpaired) electrons. The summed E-state index contributed by atoms with van der Waals surface area (Å²) in [5, 5.41) is 0.293. The summed E-state index contributed by atoms with van der Waals surface area (Å²) in [6, 6.07) is 4.13. The van der Waals surface area contributed by atoms with E-state index in [2.05, 4.69) is 4.90 Å². The van der Waals surface area contributed by atoms with Crippen LogP contribution in [0.2, 0.25) is 5.02 Å². The maximum absolute atomic E-state index is 13.7. The Bertz CT molecular complexity index is 462. The van der Waals surface area contributed by atoms with Gasteiger partial charge in [0.15, 0.2) is 0 Å². The van der Waals surface area contributed by atoms with Gasteiger partial charge in [0.25, 0.3) is 5.91 Å². The van der Waals surface area contributed by atoms with E-state index in [4.69, 9.17) is 23.2 Å². The van der Waals surface area contributed by atoms with Gasteiger partial charge in [0, 0.05) is 43.6 Å². The highest BCUT2D eigenvalue weighted by Gasteiger charge is 2.23. The molecule has 0 aliphatic carbocycles. The summed E-state index contributed by atoms with van der Waals surface area (Å²) in [4.78, 5) is 16.0. The normalized spacial score (nSPS) is 16.7. The Labute approximate surface area is 121 Å². The van der Waals surface area contributed by atoms with Crippen LogP contribution in [0.4, 0.5) is 4.39 Å². The van der Waals surface area contributed by atoms with Gasteiger partial charge in [0.1, 0.15) is 5.82 Å².